The number of hydrogen-bond donors (Lipinski definition) is 1. The Hall–Kier alpha value is -0.730. The molecule has 1 saturated heterocycles. The fourth-order valence-corrected chi connectivity index (χ4v) is 2.94. The molecule has 1 fully saturated rings. The third-order valence-corrected chi connectivity index (χ3v) is 4.57. The molecule has 1 aromatic carbocycles. The molecule has 0 spiro atoms. The lowest BCUT2D eigenvalue weighted by atomic mass is 10.2. The maximum absolute atomic E-state index is 13.6. The van der Waals surface area contributed by atoms with E-state index in [0.717, 1.165) is 0 Å². The third-order valence-electron chi connectivity index (χ3n) is 3.13. The molecule has 1 aromatic rings. The van der Waals surface area contributed by atoms with Crippen LogP contribution >= 0.6 is 11.6 Å². The van der Waals surface area contributed by atoms with Gasteiger partial charge in [-0.3, -0.25) is 4.90 Å². The van der Waals surface area contributed by atoms with Crippen molar-refractivity contribution < 1.29 is 12.8 Å². The van der Waals surface area contributed by atoms with Gasteiger partial charge in [-0.15, -0.1) is 0 Å². The van der Waals surface area contributed by atoms with Crippen LogP contribution in [0, 0.1) is 5.82 Å². The van der Waals surface area contributed by atoms with E-state index < -0.39 is 10.2 Å². The predicted octanol–water partition coefficient (Wildman–Crippen LogP) is 0.800. The molecule has 2 N–H and O–H groups in total. The Labute approximate surface area is 116 Å². The summed E-state index contributed by atoms with van der Waals surface area (Å²) in [4.78, 5) is 1.95. The van der Waals surface area contributed by atoms with Gasteiger partial charge in [-0.05, 0) is 12.1 Å². The Bertz CT molecular complexity index is 539. The first kappa shape index (κ1) is 14.7. The zero-order valence-electron chi connectivity index (χ0n) is 10.2. The molecule has 0 unspecified atom stereocenters. The summed E-state index contributed by atoms with van der Waals surface area (Å²) in [5, 5.41) is 5.44. The van der Waals surface area contributed by atoms with Crippen molar-refractivity contribution in [2.45, 2.75) is 6.54 Å². The van der Waals surface area contributed by atoms with E-state index >= 15 is 0 Å². The van der Waals surface area contributed by atoms with Crippen molar-refractivity contribution in [3.8, 4) is 0 Å². The summed E-state index contributed by atoms with van der Waals surface area (Å²) >= 11 is 5.96. The van der Waals surface area contributed by atoms with Crippen LogP contribution in [0.15, 0.2) is 18.2 Å². The number of hydrogen-bond acceptors (Lipinski definition) is 3. The molecule has 1 heterocycles. The van der Waals surface area contributed by atoms with E-state index in [2.05, 4.69) is 0 Å². The topological polar surface area (TPSA) is 66.6 Å². The second-order valence-electron chi connectivity index (χ2n) is 4.42. The van der Waals surface area contributed by atoms with Crippen molar-refractivity contribution >= 4 is 21.8 Å². The average molecular weight is 308 g/mol. The van der Waals surface area contributed by atoms with Crippen LogP contribution in [0.1, 0.15) is 5.56 Å². The summed E-state index contributed by atoms with van der Waals surface area (Å²) < 4.78 is 37.2. The number of rotatable bonds is 3. The molecule has 2 rings (SSSR count). The minimum atomic E-state index is -3.63. The lowest BCUT2D eigenvalue weighted by molar-refractivity contribution is 0.180. The molecule has 1 aliphatic rings. The number of nitrogens with two attached hydrogens (primary N) is 1. The Balaban J connectivity index is 2.00. The second-order valence-corrected chi connectivity index (χ2v) is 6.37. The van der Waals surface area contributed by atoms with Gasteiger partial charge in [0.25, 0.3) is 10.2 Å². The Morgan fingerprint density at radius 3 is 2.42 bits per heavy atom. The maximum atomic E-state index is 13.6. The highest BCUT2D eigenvalue weighted by atomic mass is 35.5. The van der Waals surface area contributed by atoms with E-state index in [1.54, 1.807) is 12.1 Å². The quantitative estimate of drug-likeness (QED) is 0.898. The number of benzene rings is 1. The highest BCUT2D eigenvalue weighted by Crippen LogP contribution is 2.21. The van der Waals surface area contributed by atoms with Gasteiger partial charge in [0.1, 0.15) is 5.82 Å². The third kappa shape index (κ3) is 3.64. The zero-order valence-corrected chi connectivity index (χ0v) is 11.8. The van der Waals surface area contributed by atoms with Crippen molar-refractivity contribution in [2.24, 2.45) is 5.14 Å². The molecule has 0 saturated carbocycles. The van der Waals surface area contributed by atoms with E-state index in [4.69, 9.17) is 16.7 Å². The summed E-state index contributed by atoms with van der Waals surface area (Å²) in [7, 11) is -3.63. The van der Waals surface area contributed by atoms with Gasteiger partial charge in [0.05, 0.1) is 0 Å². The molecule has 0 atom stereocenters. The molecular weight excluding hydrogens is 293 g/mol. The summed E-state index contributed by atoms with van der Waals surface area (Å²) in [6.07, 6.45) is 0. The normalized spacial score (nSPS) is 18.7. The van der Waals surface area contributed by atoms with E-state index in [-0.39, 0.29) is 5.82 Å². The van der Waals surface area contributed by atoms with Crippen LogP contribution in [0.4, 0.5) is 4.39 Å². The first-order chi connectivity index (χ1) is 8.88. The molecule has 0 aliphatic carbocycles. The van der Waals surface area contributed by atoms with Crippen LogP contribution in [0.3, 0.4) is 0 Å². The van der Waals surface area contributed by atoms with Gasteiger partial charge in [-0.2, -0.15) is 12.7 Å². The van der Waals surface area contributed by atoms with Gasteiger partial charge in [0.2, 0.25) is 0 Å². The average Bonchev–Trinajstić information content (AvgIpc) is 2.33. The van der Waals surface area contributed by atoms with Gasteiger partial charge in [0.15, 0.2) is 0 Å². The molecule has 1 aliphatic heterocycles. The maximum Gasteiger partial charge on any atom is 0.276 e. The standard InChI is InChI=1S/C11H15ClFN3O2S/c12-10-2-1-3-11(13)9(10)8-15-4-6-16(7-5-15)19(14,17)18/h1-3H,4-8H2,(H2,14,17,18). The van der Waals surface area contributed by atoms with E-state index in [0.29, 0.717) is 43.3 Å². The number of nitrogens with zero attached hydrogens (tertiary/aromatic N) is 2. The fourth-order valence-electron chi connectivity index (χ4n) is 2.05. The molecule has 0 radical (unpaired) electrons. The first-order valence-corrected chi connectivity index (χ1v) is 7.69. The van der Waals surface area contributed by atoms with Crippen LogP contribution in [-0.2, 0) is 16.8 Å². The van der Waals surface area contributed by atoms with Crippen molar-refractivity contribution in [1.82, 2.24) is 9.21 Å². The lowest BCUT2D eigenvalue weighted by Gasteiger charge is -2.33. The Kier molecular flexibility index (Phi) is 4.42. The van der Waals surface area contributed by atoms with Crippen molar-refractivity contribution in [1.29, 1.82) is 0 Å². The zero-order chi connectivity index (χ0) is 14.0. The number of halogens is 2. The van der Waals surface area contributed by atoms with E-state index in [1.165, 1.54) is 10.4 Å². The van der Waals surface area contributed by atoms with Crippen LogP contribution in [0.5, 0.6) is 0 Å². The second kappa shape index (κ2) is 5.72. The number of piperazine rings is 1. The highest BCUT2D eigenvalue weighted by Gasteiger charge is 2.24. The lowest BCUT2D eigenvalue weighted by Crippen LogP contribution is -2.50. The van der Waals surface area contributed by atoms with Gasteiger partial charge in [-0.25, -0.2) is 9.53 Å². The first-order valence-electron chi connectivity index (χ1n) is 5.81. The van der Waals surface area contributed by atoms with Gasteiger partial charge < -0.3 is 0 Å². The van der Waals surface area contributed by atoms with Crippen LogP contribution in [0.25, 0.3) is 0 Å². The molecule has 0 amide bonds. The molecule has 0 aromatic heterocycles. The molecule has 19 heavy (non-hydrogen) atoms. The molecule has 8 heteroatoms. The van der Waals surface area contributed by atoms with E-state index in [9.17, 15) is 12.8 Å². The molecular formula is C11H15ClFN3O2S. The van der Waals surface area contributed by atoms with E-state index in [1.807, 2.05) is 4.90 Å². The molecule has 106 valence electrons. The smallest absolute Gasteiger partial charge is 0.276 e. The SMILES string of the molecule is NS(=O)(=O)N1CCN(Cc2c(F)cccc2Cl)CC1. The summed E-state index contributed by atoms with van der Waals surface area (Å²) in [6, 6.07) is 4.56. The predicted molar refractivity (Wildman–Crippen MR) is 71.4 cm³/mol. The van der Waals surface area contributed by atoms with Crippen LogP contribution in [0.2, 0.25) is 5.02 Å². The van der Waals surface area contributed by atoms with Gasteiger partial charge >= 0.3 is 0 Å². The summed E-state index contributed by atoms with van der Waals surface area (Å²) in [5.41, 5.74) is 0.438. The molecule has 5 nitrogen and oxygen atoms in total. The van der Waals surface area contributed by atoms with Crippen molar-refractivity contribution in [3.05, 3.63) is 34.6 Å². The minimum Gasteiger partial charge on any atom is -0.296 e. The highest BCUT2D eigenvalue weighted by molar-refractivity contribution is 7.86. The summed E-state index contributed by atoms with van der Waals surface area (Å²) in [5.74, 6) is -0.346. The Morgan fingerprint density at radius 2 is 1.89 bits per heavy atom. The van der Waals surface area contributed by atoms with Crippen LogP contribution in [-0.4, -0.2) is 43.8 Å². The fraction of sp³-hybridized carbons (Fsp3) is 0.455. The summed E-state index contributed by atoms with van der Waals surface area (Å²) in [6.45, 7) is 1.99. The van der Waals surface area contributed by atoms with Gasteiger partial charge in [0, 0.05) is 43.3 Å². The van der Waals surface area contributed by atoms with Crippen molar-refractivity contribution in [2.75, 3.05) is 26.2 Å². The van der Waals surface area contributed by atoms with Crippen LogP contribution < -0.4 is 5.14 Å². The largest absolute Gasteiger partial charge is 0.296 e. The Morgan fingerprint density at radius 1 is 1.26 bits per heavy atom. The van der Waals surface area contributed by atoms with Crippen molar-refractivity contribution in [3.63, 3.8) is 0 Å². The monoisotopic (exact) mass is 307 g/mol. The molecule has 0 bridgehead atoms. The minimum absolute atomic E-state index is 0.310. The van der Waals surface area contributed by atoms with Gasteiger partial charge in [-0.1, -0.05) is 17.7 Å².